The maximum Gasteiger partial charge on any atom is 0.228 e. The summed E-state index contributed by atoms with van der Waals surface area (Å²) in [6.07, 6.45) is 1.83. The first-order valence-corrected chi connectivity index (χ1v) is 8.13. The molecule has 0 aliphatic rings. The number of aryl methyl sites for hydroxylation is 1. The summed E-state index contributed by atoms with van der Waals surface area (Å²) >= 11 is 6.17. The van der Waals surface area contributed by atoms with Gasteiger partial charge >= 0.3 is 0 Å². The summed E-state index contributed by atoms with van der Waals surface area (Å²) in [6.45, 7) is 4.46. The number of anilines is 1. The fourth-order valence-electron chi connectivity index (χ4n) is 2.52. The van der Waals surface area contributed by atoms with Crippen molar-refractivity contribution in [1.29, 1.82) is 0 Å². The van der Waals surface area contributed by atoms with Crippen molar-refractivity contribution in [1.82, 2.24) is 0 Å². The maximum absolute atomic E-state index is 12.3. The number of amides is 1. The number of hydrogen-bond donors (Lipinski definition) is 1. The molecule has 4 nitrogen and oxygen atoms in total. The molecule has 2 aromatic carbocycles. The van der Waals surface area contributed by atoms with Crippen LogP contribution in [0.2, 0.25) is 5.02 Å². The Hall–Kier alpha value is -2.46. The van der Waals surface area contributed by atoms with Gasteiger partial charge in [-0.05, 0) is 55.8 Å². The molecular formula is C19H18ClNO3. The van der Waals surface area contributed by atoms with Crippen LogP contribution in [0.15, 0.2) is 47.1 Å². The molecule has 3 rings (SSSR count). The SMILES string of the molecule is CCOc1ccc(NC(=O)Cc2coc3cc(C)c(Cl)cc23)cc1. The van der Waals surface area contributed by atoms with E-state index in [4.69, 9.17) is 20.8 Å². The summed E-state index contributed by atoms with van der Waals surface area (Å²) in [6, 6.07) is 11.0. The Labute approximate surface area is 145 Å². The highest BCUT2D eigenvalue weighted by Crippen LogP contribution is 2.28. The minimum atomic E-state index is -0.112. The maximum atomic E-state index is 12.3. The van der Waals surface area contributed by atoms with Crippen LogP contribution in [0.25, 0.3) is 11.0 Å². The lowest BCUT2D eigenvalue weighted by atomic mass is 10.1. The number of furan rings is 1. The molecular weight excluding hydrogens is 326 g/mol. The molecule has 1 aromatic heterocycles. The summed E-state index contributed by atoms with van der Waals surface area (Å²) < 4.78 is 10.9. The lowest BCUT2D eigenvalue weighted by Gasteiger charge is -2.07. The normalized spacial score (nSPS) is 10.8. The molecule has 0 saturated carbocycles. The number of carbonyl (C=O) groups excluding carboxylic acids is 1. The summed E-state index contributed by atoms with van der Waals surface area (Å²) in [4.78, 5) is 12.3. The summed E-state index contributed by atoms with van der Waals surface area (Å²) in [7, 11) is 0. The average Bonchev–Trinajstić information content (AvgIpc) is 2.92. The van der Waals surface area contributed by atoms with E-state index in [9.17, 15) is 4.79 Å². The van der Waals surface area contributed by atoms with Crippen molar-refractivity contribution < 1.29 is 13.9 Å². The third-order valence-corrected chi connectivity index (χ3v) is 4.14. The molecule has 0 aliphatic heterocycles. The summed E-state index contributed by atoms with van der Waals surface area (Å²) in [5, 5.41) is 4.40. The Morgan fingerprint density at radius 3 is 2.71 bits per heavy atom. The molecule has 0 atom stereocenters. The lowest BCUT2D eigenvalue weighted by molar-refractivity contribution is -0.115. The molecule has 0 radical (unpaired) electrons. The second-order valence-electron chi connectivity index (χ2n) is 5.54. The highest BCUT2D eigenvalue weighted by atomic mass is 35.5. The van der Waals surface area contributed by atoms with E-state index in [1.807, 2.05) is 50.2 Å². The number of nitrogens with one attached hydrogen (secondary N) is 1. The van der Waals surface area contributed by atoms with Gasteiger partial charge in [0.05, 0.1) is 19.3 Å². The number of hydrogen-bond acceptors (Lipinski definition) is 3. The van der Waals surface area contributed by atoms with Crippen molar-refractivity contribution in [2.45, 2.75) is 20.3 Å². The van der Waals surface area contributed by atoms with Crippen LogP contribution in [-0.4, -0.2) is 12.5 Å². The molecule has 0 unspecified atom stereocenters. The number of rotatable bonds is 5. The number of halogens is 1. The predicted octanol–water partition coefficient (Wildman–Crippen LogP) is 4.97. The molecule has 24 heavy (non-hydrogen) atoms. The molecule has 5 heteroatoms. The van der Waals surface area contributed by atoms with Crippen LogP contribution in [0.1, 0.15) is 18.1 Å². The van der Waals surface area contributed by atoms with E-state index in [0.717, 1.165) is 33.5 Å². The van der Waals surface area contributed by atoms with Crippen LogP contribution in [0.5, 0.6) is 5.75 Å². The first kappa shape index (κ1) is 16.4. The van der Waals surface area contributed by atoms with Gasteiger partial charge in [-0.1, -0.05) is 11.6 Å². The van der Waals surface area contributed by atoms with E-state index in [0.29, 0.717) is 11.6 Å². The van der Waals surface area contributed by atoms with E-state index in [-0.39, 0.29) is 12.3 Å². The van der Waals surface area contributed by atoms with Crippen LogP contribution in [0.3, 0.4) is 0 Å². The van der Waals surface area contributed by atoms with Gasteiger partial charge in [0.15, 0.2) is 0 Å². The minimum Gasteiger partial charge on any atom is -0.494 e. The van der Waals surface area contributed by atoms with Gasteiger partial charge in [0.2, 0.25) is 5.91 Å². The number of ether oxygens (including phenoxy) is 1. The van der Waals surface area contributed by atoms with Crippen LogP contribution in [0, 0.1) is 6.92 Å². The van der Waals surface area contributed by atoms with E-state index in [1.54, 1.807) is 6.26 Å². The zero-order valence-corrected chi connectivity index (χ0v) is 14.3. The molecule has 0 bridgehead atoms. The molecule has 3 aromatic rings. The van der Waals surface area contributed by atoms with E-state index < -0.39 is 0 Å². The van der Waals surface area contributed by atoms with Gasteiger partial charge in [0, 0.05) is 21.7 Å². The number of carbonyl (C=O) groups is 1. The van der Waals surface area contributed by atoms with Gasteiger partial charge < -0.3 is 14.5 Å². The average molecular weight is 344 g/mol. The van der Waals surface area contributed by atoms with Crippen molar-refractivity contribution in [3.05, 3.63) is 58.8 Å². The summed E-state index contributed by atoms with van der Waals surface area (Å²) in [5.74, 6) is 0.667. The van der Waals surface area contributed by atoms with Crippen LogP contribution < -0.4 is 10.1 Å². The van der Waals surface area contributed by atoms with Crippen molar-refractivity contribution in [3.63, 3.8) is 0 Å². The van der Waals surface area contributed by atoms with Gasteiger partial charge in [-0.2, -0.15) is 0 Å². The quantitative estimate of drug-likeness (QED) is 0.711. The molecule has 124 valence electrons. The molecule has 0 spiro atoms. The summed E-state index contributed by atoms with van der Waals surface area (Å²) in [5.41, 5.74) is 3.23. The smallest absolute Gasteiger partial charge is 0.228 e. The Kier molecular flexibility index (Phi) is 4.76. The van der Waals surface area contributed by atoms with Crippen LogP contribution in [-0.2, 0) is 11.2 Å². The van der Waals surface area contributed by atoms with Gasteiger partial charge in [-0.25, -0.2) is 0 Å². The topological polar surface area (TPSA) is 51.5 Å². The van der Waals surface area contributed by atoms with E-state index in [1.165, 1.54) is 0 Å². The Balaban J connectivity index is 1.72. The third kappa shape index (κ3) is 3.54. The molecule has 1 heterocycles. The fourth-order valence-corrected chi connectivity index (χ4v) is 2.68. The van der Waals surface area contributed by atoms with E-state index in [2.05, 4.69) is 5.32 Å². The Morgan fingerprint density at radius 2 is 2.00 bits per heavy atom. The zero-order valence-electron chi connectivity index (χ0n) is 13.6. The molecule has 1 amide bonds. The molecule has 1 N–H and O–H groups in total. The Morgan fingerprint density at radius 1 is 1.25 bits per heavy atom. The van der Waals surface area contributed by atoms with Gasteiger partial charge in [0.25, 0.3) is 0 Å². The zero-order chi connectivity index (χ0) is 17.1. The van der Waals surface area contributed by atoms with Crippen molar-refractivity contribution in [2.75, 3.05) is 11.9 Å². The van der Waals surface area contributed by atoms with Crippen molar-refractivity contribution in [3.8, 4) is 5.75 Å². The largest absolute Gasteiger partial charge is 0.494 e. The number of benzene rings is 2. The lowest BCUT2D eigenvalue weighted by Crippen LogP contribution is -2.14. The first-order valence-electron chi connectivity index (χ1n) is 7.75. The van der Waals surface area contributed by atoms with Crippen LogP contribution in [0.4, 0.5) is 5.69 Å². The molecule has 0 saturated heterocycles. The Bertz CT molecular complexity index is 868. The monoisotopic (exact) mass is 343 g/mol. The van der Waals surface area contributed by atoms with Gasteiger partial charge in [-0.3, -0.25) is 4.79 Å². The number of fused-ring (bicyclic) bond motifs is 1. The van der Waals surface area contributed by atoms with Crippen molar-refractivity contribution >= 4 is 34.2 Å². The van der Waals surface area contributed by atoms with Gasteiger partial charge in [-0.15, -0.1) is 0 Å². The van der Waals surface area contributed by atoms with Crippen LogP contribution >= 0.6 is 11.6 Å². The standard InChI is InChI=1S/C19H18ClNO3/c1-3-23-15-6-4-14(5-7-15)21-19(22)9-13-11-24-18-8-12(2)17(20)10-16(13)18/h4-8,10-11H,3,9H2,1-2H3,(H,21,22). The molecule has 0 aliphatic carbocycles. The molecule has 0 fully saturated rings. The van der Waals surface area contributed by atoms with Gasteiger partial charge in [0.1, 0.15) is 11.3 Å². The predicted molar refractivity (Wildman–Crippen MR) is 95.9 cm³/mol. The first-order chi connectivity index (χ1) is 11.6. The fraction of sp³-hybridized carbons (Fsp3) is 0.211. The minimum absolute atomic E-state index is 0.112. The van der Waals surface area contributed by atoms with Crippen molar-refractivity contribution in [2.24, 2.45) is 0 Å². The second-order valence-corrected chi connectivity index (χ2v) is 5.95. The third-order valence-electron chi connectivity index (χ3n) is 3.74. The van der Waals surface area contributed by atoms with E-state index >= 15 is 0 Å². The highest BCUT2D eigenvalue weighted by Gasteiger charge is 2.12. The highest BCUT2D eigenvalue weighted by molar-refractivity contribution is 6.32. The second kappa shape index (κ2) is 6.97.